The SMILES string of the molecule is C[Si](O[SiH2]O[Si](C)(C)C)O[Si](C)(C)C. The van der Waals surface area contributed by atoms with Gasteiger partial charge < -0.3 is 12.3 Å². The van der Waals surface area contributed by atoms with E-state index in [1.54, 1.807) is 0 Å². The van der Waals surface area contributed by atoms with Gasteiger partial charge in [-0.25, -0.2) is 0 Å². The van der Waals surface area contributed by atoms with E-state index in [0.717, 1.165) is 0 Å². The Morgan fingerprint density at radius 1 is 0.929 bits per heavy atom. The summed E-state index contributed by atoms with van der Waals surface area (Å²) < 4.78 is 17.2. The highest BCUT2D eigenvalue weighted by molar-refractivity contribution is 6.77. The first kappa shape index (κ1) is 14.7. The Kier molecular flexibility index (Phi) is 6.03. The van der Waals surface area contributed by atoms with Crippen LogP contribution in [0, 0.1) is 0 Å². The van der Waals surface area contributed by atoms with Crippen LogP contribution >= 0.6 is 0 Å². The molecule has 0 rings (SSSR count). The maximum absolute atomic E-state index is 5.84. The number of hydrogen-bond acceptors (Lipinski definition) is 3. The van der Waals surface area contributed by atoms with E-state index < -0.39 is 35.9 Å². The molecule has 0 heterocycles. The lowest BCUT2D eigenvalue weighted by Gasteiger charge is -2.23. The average Bonchev–Trinajstić information content (AvgIpc) is 1.78. The van der Waals surface area contributed by atoms with Crippen LogP contribution in [0.3, 0.4) is 0 Å². The fourth-order valence-electron chi connectivity index (χ4n) is 0.750. The Labute approximate surface area is 94.3 Å². The molecule has 0 saturated carbocycles. The van der Waals surface area contributed by atoms with E-state index >= 15 is 0 Å². The minimum absolute atomic E-state index is 0.805. The molecule has 1 radical (unpaired) electrons. The number of rotatable bonds is 6. The molecule has 0 aliphatic rings. The van der Waals surface area contributed by atoms with E-state index in [1.807, 2.05) is 0 Å². The van der Waals surface area contributed by atoms with Gasteiger partial charge >= 0.3 is 9.28 Å². The molecule has 0 aromatic rings. The van der Waals surface area contributed by atoms with Gasteiger partial charge in [-0.1, -0.05) is 0 Å². The van der Waals surface area contributed by atoms with Gasteiger partial charge in [-0.3, -0.25) is 0 Å². The summed E-state index contributed by atoms with van der Waals surface area (Å²) in [5, 5.41) is 0. The van der Waals surface area contributed by atoms with Crippen LogP contribution < -0.4 is 0 Å². The summed E-state index contributed by atoms with van der Waals surface area (Å²) in [5.74, 6) is 0. The minimum Gasteiger partial charge on any atom is -0.441 e. The monoisotopic (exact) mass is 267 g/mol. The third-order valence-corrected chi connectivity index (χ3v) is 10.8. The van der Waals surface area contributed by atoms with Crippen molar-refractivity contribution in [2.75, 3.05) is 0 Å². The molecule has 0 unspecified atom stereocenters. The summed E-state index contributed by atoms with van der Waals surface area (Å²) in [6.07, 6.45) is 0. The molecule has 0 fully saturated rings. The third kappa shape index (κ3) is 10.8. The van der Waals surface area contributed by atoms with E-state index in [4.69, 9.17) is 12.3 Å². The van der Waals surface area contributed by atoms with Gasteiger partial charge in [0.05, 0.1) is 0 Å². The molecule has 3 nitrogen and oxygen atoms in total. The molecule has 0 aliphatic carbocycles. The second-order valence-corrected chi connectivity index (χ2v) is 18.0. The van der Waals surface area contributed by atoms with E-state index in [1.165, 1.54) is 0 Å². The molecule has 7 heteroatoms. The fourth-order valence-corrected chi connectivity index (χ4v) is 7.81. The van der Waals surface area contributed by atoms with Crippen molar-refractivity contribution in [3.63, 3.8) is 0 Å². The van der Waals surface area contributed by atoms with Crippen LogP contribution in [0.25, 0.3) is 0 Å². The summed E-state index contributed by atoms with van der Waals surface area (Å²) in [7, 11) is -4.65. The lowest BCUT2D eigenvalue weighted by molar-refractivity contribution is 0.394. The normalized spacial score (nSPS) is 14.6. The van der Waals surface area contributed by atoms with E-state index in [0.29, 0.717) is 0 Å². The molecule has 0 N–H and O–H groups in total. The van der Waals surface area contributed by atoms with E-state index in [-0.39, 0.29) is 0 Å². The topological polar surface area (TPSA) is 27.7 Å². The van der Waals surface area contributed by atoms with Crippen LogP contribution in [0.1, 0.15) is 0 Å². The minimum atomic E-state index is -1.42. The van der Waals surface area contributed by atoms with Gasteiger partial charge in [0, 0.05) is 0 Å². The predicted molar refractivity (Wildman–Crippen MR) is 70.1 cm³/mol. The zero-order chi connectivity index (χ0) is 11.4. The van der Waals surface area contributed by atoms with Crippen LogP contribution in [-0.4, -0.2) is 35.9 Å². The lowest BCUT2D eigenvalue weighted by Crippen LogP contribution is -2.38. The zero-order valence-electron chi connectivity index (χ0n) is 10.4. The molecule has 85 valence electrons. The molecular formula is C7H23O3Si4. The van der Waals surface area contributed by atoms with Crippen LogP contribution in [-0.2, 0) is 12.3 Å². The highest BCUT2D eigenvalue weighted by Gasteiger charge is 2.22. The van der Waals surface area contributed by atoms with Gasteiger partial charge in [-0.2, -0.15) is 0 Å². The lowest BCUT2D eigenvalue weighted by atomic mass is 11.8. The first-order valence-corrected chi connectivity index (χ1v) is 14.7. The van der Waals surface area contributed by atoms with Crippen molar-refractivity contribution in [1.29, 1.82) is 0 Å². The Morgan fingerprint density at radius 2 is 1.43 bits per heavy atom. The predicted octanol–water partition coefficient (Wildman–Crippen LogP) is 1.82. The van der Waals surface area contributed by atoms with Crippen molar-refractivity contribution < 1.29 is 12.3 Å². The summed E-state index contributed by atoms with van der Waals surface area (Å²) in [5.41, 5.74) is 0. The molecule has 0 spiro atoms. The summed E-state index contributed by atoms with van der Waals surface area (Å²) in [6.45, 7) is 15.2. The average molecular weight is 268 g/mol. The smallest absolute Gasteiger partial charge is 0.360 e. The fraction of sp³-hybridized carbons (Fsp3) is 1.00. The van der Waals surface area contributed by atoms with Crippen molar-refractivity contribution in [3.8, 4) is 0 Å². The van der Waals surface area contributed by atoms with Crippen molar-refractivity contribution in [2.24, 2.45) is 0 Å². The molecule has 0 saturated heterocycles. The molecule has 0 aromatic carbocycles. The highest BCUT2D eigenvalue weighted by atomic mass is 28.4. The van der Waals surface area contributed by atoms with Gasteiger partial charge in [0.25, 0.3) is 10.0 Å². The zero-order valence-corrected chi connectivity index (χ0v) is 14.8. The van der Waals surface area contributed by atoms with Gasteiger partial charge in [0.15, 0.2) is 16.6 Å². The van der Waals surface area contributed by atoms with Gasteiger partial charge in [0.1, 0.15) is 0 Å². The quantitative estimate of drug-likeness (QED) is 0.687. The summed E-state index contributed by atoms with van der Waals surface area (Å²) in [4.78, 5) is 0. The molecular weight excluding hydrogens is 244 g/mol. The Bertz CT molecular complexity index is 163. The second-order valence-electron chi connectivity index (χ2n) is 5.22. The maximum atomic E-state index is 5.84. The van der Waals surface area contributed by atoms with Crippen molar-refractivity contribution in [2.45, 2.75) is 45.8 Å². The van der Waals surface area contributed by atoms with E-state index in [2.05, 4.69) is 45.8 Å². The van der Waals surface area contributed by atoms with Crippen molar-refractivity contribution in [3.05, 3.63) is 0 Å². The molecule has 0 aromatic heterocycles. The van der Waals surface area contributed by atoms with E-state index in [9.17, 15) is 0 Å². The Hall–Kier alpha value is 0.748. The largest absolute Gasteiger partial charge is 0.441 e. The molecule has 0 bridgehead atoms. The van der Waals surface area contributed by atoms with Gasteiger partial charge in [-0.15, -0.1) is 0 Å². The first-order valence-electron chi connectivity index (χ1n) is 4.89. The van der Waals surface area contributed by atoms with Crippen LogP contribution in [0.5, 0.6) is 0 Å². The summed E-state index contributed by atoms with van der Waals surface area (Å²) >= 11 is 0. The van der Waals surface area contributed by atoms with Crippen LogP contribution in [0.15, 0.2) is 0 Å². The Balaban J connectivity index is 3.60. The summed E-state index contributed by atoms with van der Waals surface area (Å²) in [6, 6.07) is 0. The third-order valence-electron chi connectivity index (χ3n) is 1.20. The molecule has 0 amide bonds. The van der Waals surface area contributed by atoms with Crippen LogP contribution in [0.4, 0.5) is 0 Å². The van der Waals surface area contributed by atoms with Gasteiger partial charge in [0.2, 0.25) is 0 Å². The first-order chi connectivity index (χ1) is 6.10. The Morgan fingerprint density at radius 3 is 1.79 bits per heavy atom. The number of hydrogen-bond donors (Lipinski definition) is 0. The standard InChI is InChI=1S/C7H23O3Si4/c1-12(10-14(5,6)7)8-11-9-13(2,3)4/h11H2,1-7H3. The van der Waals surface area contributed by atoms with Crippen LogP contribution in [0.2, 0.25) is 45.8 Å². The van der Waals surface area contributed by atoms with Crippen molar-refractivity contribution >= 4 is 35.9 Å². The molecule has 0 aliphatic heterocycles. The highest BCUT2D eigenvalue weighted by Crippen LogP contribution is 2.06. The molecule has 14 heavy (non-hydrogen) atoms. The second kappa shape index (κ2) is 5.73. The molecule has 0 atom stereocenters. The maximum Gasteiger partial charge on any atom is 0.360 e. The van der Waals surface area contributed by atoms with Crippen molar-refractivity contribution in [1.82, 2.24) is 0 Å². The van der Waals surface area contributed by atoms with Gasteiger partial charge in [-0.05, 0) is 45.8 Å².